The van der Waals surface area contributed by atoms with E-state index < -0.39 is 74.6 Å². The Balaban J connectivity index is 2.10. The molecule has 0 aromatic rings. The maximum atomic E-state index is 10.3. The lowest BCUT2D eigenvalue weighted by Gasteiger charge is -2.45. The van der Waals surface area contributed by atoms with Crippen molar-refractivity contribution in [3.8, 4) is 12.3 Å². The van der Waals surface area contributed by atoms with Crippen LogP contribution in [0.15, 0.2) is 0 Å². The van der Waals surface area contributed by atoms with Gasteiger partial charge in [-0.15, -0.1) is 6.42 Å². The molecule has 7 N–H and O–H groups in total. The zero-order chi connectivity index (χ0) is 19.4. The molecule has 0 amide bonds. The van der Waals surface area contributed by atoms with Crippen LogP contribution in [0, 0.1) is 12.3 Å². The number of aliphatic hydroxyl groups excluding tert-OH is 7. The summed E-state index contributed by atoms with van der Waals surface area (Å²) in [5.41, 5.74) is 0. The summed E-state index contributed by atoms with van der Waals surface area (Å²) in [5.74, 6) is 2.17. The molecule has 0 bridgehead atoms. The van der Waals surface area contributed by atoms with Gasteiger partial charge >= 0.3 is 0 Å². The highest BCUT2D eigenvalue weighted by molar-refractivity contribution is 4.94. The van der Waals surface area contributed by atoms with Crippen molar-refractivity contribution in [3.05, 3.63) is 0 Å². The van der Waals surface area contributed by atoms with Crippen molar-refractivity contribution >= 4 is 0 Å². The molecule has 0 radical (unpaired) electrons. The summed E-state index contributed by atoms with van der Waals surface area (Å²) in [6.45, 7) is -1.50. The third-order valence-electron chi connectivity index (χ3n) is 4.29. The van der Waals surface area contributed by atoms with E-state index in [1.807, 2.05) is 0 Å². The lowest BCUT2D eigenvalue weighted by atomic mass is 9.97. The van der Waals surface area contributed by atoms with Crippen LogP contribution in [0.1, 0.15) is 0 Å². The molecule has 0 spiro atoms. The predicted octanol–water partition coefficient (Wildman–Crippen LogP) is -4.74. The second-order valence-electron chi connectivity index (χ2n) is 6.02. The predicted molar refractivity (Wildman–Crippen MR) is 81.2 cm³/mol. The molecule has 11 heteroatoms. The summed E-state index contributed by atoms with van der Waals surface area (Å²) in [5, 5.41) is 68.5. The van der Waals surface area contributed by atoms with Crippen LogP contribution >= 0.6 is 0 Å². The Hall–Kier alpha value is -0.880. The molecule has 2 fully saturated rings. The highest BCUT2D eigenvalue weighted by Crippen LogP contribution is 2.29. The smallest absolute Gasteiger partial charge is 0.187 e. The van der Waals surface area contributed by atoms with E-state index in [0.29, 0.717) is 0 Å². The van der Waals surface area contributed by atoms with Crippen LogP contribution in [0.4, 0.5) is 0 Å². The van der Waals surface area contributed by atoms with E-state index in [1.165, 1.54) is 0 Å². The second kappa shape index (κ2) is 9.36. The fourth-order valence-corrected chi connectivity index (χ4v) is 2.82. The molecule has 10 atom stereocenters. The van der Waals surface area contributed by atoms with Crippen LogP contribution in [0.5, 0.6) is 0 Å². The van der Waals surface area contributed by atoms with Crippen molar-refractivity contribution < 1.29 is 54.7 Å². The molecule has 0 saturated carbocycles. The average Bonchev–Trinajstić information content (AvgIpc) is 2.64. The van der Waals surface area contributed by atoms with Gasteiger partial charge in [-0.1, -0.05) is 5.92 Å². The molecule has 11 nitrogen and oxygen atoms in total. The van der Waals surface area contributed by atoms with Gasteiger partial charge in [-0.05, 0) is 0 Å². The maximum absolute atomic E-state index is 10.3. The van der Waals surface area contributed by atoms with Gasteiger partial charge in [-0.3, -0.25) is 0 Å². The first-order valence-electron chi connectivity index (χ1n) is 7.99. The zero-order valence-electron chi connectivity index (χ0n) is 13.7. The van der Waals surface area contributed by atoms with Crippen molar-refractivity contribution in [2.75, 3.05) is 19.8 Å². The highest BCUT2D eigenvalue weighted by atomic mass is 16.7. The molecular formula is C15H24O11. The lowest BCUT2D eigenvalue weighted by Crippen LogP contribution is -2.64. The van der Waals surface area contributed by atoms with Gasteiger partial charge in [0, 0.05) is 0 Å². The van der Waals surface area contributed by atoms with Crippen LogP contribution in [0.25, 0.3) is 0 Å². The molecule has 2 aliphatic heterocycles. The molecule has 2 rings (SSSR count). The number of rotatable bonds is 6. The van der Waals surface area contributed by atoms with E-state index in [1.54, 1.807) is 0 Å². The highest BCUT2D eigenvalue weighted by Gasteiger charge is 2.50. The number of hydrogen-bond donors (Lipinski definition) is 7. The van der Waals surface area contributed by atoms with Gasteiger partial charge in [0.2, 0.25) is 0 Å². The Bertz CT molecular complexity index is 479. The van der Waals surface area contributed by atoms with E-state index in [9.17, 15) is 35.7 Å². The van der Waals surface area contributed by atoms with Crippen LogP contribution in [-0.2, 0) is 18.9 Å². The molecule has 0 aromatic heterocycles. The van der Waals surface area contributed by atoms with Gasteiger partial charge in [0.1, 0.15) is 55.4 Å². The van der Waals surface area contributed by atoms with Crippen LogP contribution in [0.2, 0.25) is 0 Å². The summed E-state index contributed by atoms with van der Waals surface area (Å²) in [7, 11) is 0. The van der Waals surface area contributed by atoms with Crippen molar-refractivity contribution in [1.82, 2.24) is 0 Å². The first kappa shape index (κ1) is 21.4. The first-order chi connectivity index (χ1) is 12.3. The Morgan fingerprint density at radius 2 is 1.35 bits per heavy atom. The van der Waals surface area contributed by atoms with E-state index in [0.717, 1.165) is 0 Å². The molecule has 26 heavy (non-hydrogen) atoms. The summed E-state index contributed by atoms with van der Waals surface area (Å²) in [6.07, 6.45) is -9.78. The fraction of sp³-hybridized carbons (Fsp3) is 0.867. The van der Waals surface area contributed by atoms with Gasteiger partial charge < -0.3 is 54.7 Å². The summed E-state index contributed by atoms with van der Waals surface area (Å²) in [4.78, 5) is 0. The van der Waals surface area contributed by atoms with Crippen molar-refractivity contribution in [1.29, 1.82) is 0 Å². The Labute approximate surface area is 149 Å². The molecule has 0 aliphatic carbocycles. The van der Waals surface area contributed by atoms with E-state index in [-0.39, 0.29) is 6.61 Å². The van der Waals surface area contributed by atoms with Crippen LogP contribution in [-0.4, -0.2) is 117 Å². The Kier molecular flexibility index (Phi) is 7.71. The third kappa shape index (κ3) is 4.33. The zero-order valence-corrected chi connectivity index (χ0v) is 13.7. The fourth-order valence-electron chi connectivity index (χ4n) is 2.82. The SMILES string of the molecule is C#CCO[C@@H]1O[C@@H](CO)[C@@H](O[C@@H]2OC(CO)[C@H](O)C(O)C2O)C(O)C1O. The minimum Gasteiger partial charge on any atom is -0.394 e. The van der Waals surface area contributed by atoms with Gasteiger partial charge in [0.25, 0.3) is 0 Å². The minimum absolute atomic E-state index is 0.204. The largest absolute Gasteiger partial charge is 0.394 e. The normalized spacial score (nSPS) is 46.7. The van der Waals surface area contributed by atoms with Gasteiger partial charge in [0.05, 0.1) is 13.2 Å². The summed E-state index contributed by atoms with van der Waals surface area (Å²) >= 11 is 0. The summed E-state index contributed by atoms with van der Waals surface area (Å²) < 4.78 is 20.9. The monoisotopic (exact) mass is 380 g/mol. The van der Waals surface area contributed by atoms with Crippen LogP contribution in [0.3, 0.4) is 0 Å². The van der Waals surface area contributed by atoms with Gasteiger partial charge in [-0.2, -0.15) is 0 Å². The number of terminal acetylenes is 1. The van der Waals surface area contributed by atoms with Crippen LogP contribution < -0.4 is 0 Å². The number of hydrogen-bond acceptors (Lipinski definition) is 11. The minimum atomic E-state index is -1.72. The second-order valence-corrected chi connectivity index (χ2v) is 6.02. The molecular weight excluding hydrogens is 356 g/mol. The third-order valence-corrected chi connectivity index (χ3v) is 4.29. The van der Waals surface area contributed by atoms with Crippen molar-refractivity contribution in [2.45, 2.75) is 61.4 Å². The maximum Gasteiger partial charge on any atom is 0.187 e. The number of ether oxygens (including phenoxy) is 4. The standard InChI is InChI=1S/C15H24O11/c1-2-3-23-14-12(22)10(20)13(7(5-17)25-14)26-15-11(21)9(19)8(18)6(4-16)24-15/h1,6-22H,3-5H2/t6?,7-,8-,9?,10?,11?,12?,13+,14+,15-/m0/s1. The molecule has 2 saturated heterocycles. The van der Waals surface area contributed by atoms with E-state index in [2.05, 4.69) is 5.92 Å². The summed E-state index contributed by atoms with van der Waals surface area (Å²) in [6, 6.07) is 0. The number of aliphatic hydroxyl groups is 7. The molecule has 5 unspecified atom stereocenters. The molecule has 2 aliphatic rings. The van der Waals surface area contributed by atoms with E-state index >= 15 is 0 Å². The quantitative estimate of drug-likeness (QED) is 0.220. The van der Waals surface area contributed by atoms with E-state index in [4.69, 9.17) is 25.4 Å². The van der Waals surface area contributed by atoms with Crippen molar-refractivity contribution in [3.63, 3.8) is 0 Å². The molecule has 150 valence electrons. The Morgan fingerprint density at radius 3 is 1.92 bits per heavy atom. The topological polar surface area (TPSA) is 179 Å². The van der Waals surface area contributed by atoms with Gasteiger partial charge in [0.15, 0.2) is 12.6 Å². The first-order valence-corrected chi connectivity index (χ1v) is 7.99. The Morgan fingerprint density at radius 1 is 0.769 bits per heavy atom. The average molecular weight is 380 g/mol. The van der Waals surface area contributed by atoms with Crippen molar-refractivity contribution in [2.24, 2.45) is 0 Å². The molecule has 0 aromatic carbocycles. The van der Waals surface area contributed by atoms with Gasteiger partial charge in [-0.25, -0.2) is 0 Å². The lowest BCUT2D eigenvalue weighted by molar-refractivity contribution is -0.358. The molecule has 2 heterocycles.